The van der Waals surface area contributed by atoms with E-state index < -0.39 is 17.9 Å². The standard InChI is InChI=1S/C24H23N7O5/c1-12-8-25-17(13(2)21(12)33)9-26-22(34)18-11-31(29-28-18)15-4-3-14-10-30(24(36)16(14)7-15)19-5-6-20(32)27-23(19)35/h3-4,7-8,11,19H,5-6,9-10H2,1-2H3,(H,25,33)(H,26,34)(H,27,32,35). The molecule has 0 bridgehead atoms. The number of amides is 4. The molecule has 12 heteroatoms. The summed E-state index contributed by atoms with van der Waals surface area (Å²) in [7, 11) is 0. The number of fused-ring (bicyclic) bond motifs is 1. The zero-order valence-corrected chi connectivity index (χ0v) is 19.6. The zero-order valence-electron chi connectivity index (χ0n) is 19.6. The Morgan fingerprint density at radius 3 is 2.78 bits per heavy atom. The first kappa shape index (κ1) is 23.1. The Bertz CT molecular complexity index is 1490. The summed E-state index contributed by atoms with van der Waals surface area (Å²) in [6, 6.07) is 4.46. The van der Waals surface area contributed by atoms with E-state index >= 15 is 0 Å². The number of aromatic amines is 1. The number of piperidine rings is 1. The number of carbonyl (C=O) groups is 4. The van der Waals surface area contributed by atoms with Crippen molar-refractivity contribution in [2.45, 2.75) is 45.8 Å². The van der Waals surface area contributed by atoms with Gasteiger partial charge in [0.05, 0.1) is 18.4 Å². The molecule has 12 nitrogen and oxygen atoms in total. The van der Waals surface area contributed by atoms with Gasteiger partial charge in [-0.1, -0.05) is 11.3 Å². The molecule has 0 radical (unpaired) electrons. The maximum Gasteiger partial charge on any atom is 0.273 e. The highest BCUT2D eigenvalue weighted by atomic mass is 16.2. The van der Waals surface area contributed by atoms with Crippen LogP contribution >= 0.6 is 0 Å². The predicted molar refractivity (Wildman–Crippen MR) is 125 cm³/mol. The van der Waals surface area contributed by atoms with E-state index in [4.69, 9.17) is 0 Å². The molecule has 5 rings (SSSR count). The lowest BCUT2D eigenvalue weighted by Crippen LogP contribution is -2.52. The Labute approximate surface area is 204 Å². The molecule has 1 fully saturated rings. The van der Waals surface area contributed by atoms with E-state index in [1.54, 1.807) is 38.2 Å². The number of H-pyrrole nitrogens is 1. The number of hydrogen-bond acceptors (Lipinski definition) is 7. The Balaban J connectivity index is 1.29. The minimum absolute atomic E-state index is 0.0686. The number of aromatic nitrogens is 4. The van der Waals surface area contributed by atoms with Gasteiger partial charge in [-0.3, -0.25) is 29.3 Å². The molecule has 4 amide bonds. The van der Waals surface area contributed by atoms with Crippen molar-refractivity contribution < 1.29 is 19.2 Å². The molecule has 1 aromatic carbocycles. The fourth-order valence-electron chi connectivity index (χ4n) is 4.42. The molecular formula is C24H23N7O5. The lowest BCUT2D eigenvalue weighted by atomic mass is 10.0. The summed E-state index contributed by atoms with van der Waals surface area (Å²) in [6.07, 6.45) is 3.52. The second kappa shape index (κ2) is 8.87. The summed E-state index contributed by atoms with van der Waals surface area (Å²) in [4.78, 5) is 65.9. The first-order chi connectivity index (χ1) is 17.2. The third kappa shape index (κ3) is 4.06. The van der Waals surface area contributed by atoms with E-state index in [0.29, 0.717) is 28.1 Å². The van der Waals surface area contributed by atoms with Gasteiger partial charge in [-0.05, 0) is 38.0 Å². The van der Waals surface area contributed by atoms with E-state index in [9.17, 15) is 24.0 Å². The van der Waals surface area contributed by atoms with Crippen molar-refractivity contribution in [3.63, 3.8) is 0 Å². The minimum Gasteiger partial charge on any atom is -0.363 e. The highest BCUT2D eigenvalue weighted by molar-refractivity contribution is 6.05. The van der Waals surface area contributed by atoms with Gasteiger partial charge in [0.15, 0.2) is 11.1 Å². The van der Waals surface area contributed by atoms with Crippen LogP contribution in [0.25, 0.3) is 5.69 Å². The van der Waals surface area contributed by atoms with Crippen LogP contribution in [0.5, 0.6) is 0 Å². The number of pyridine rings is 1. The van der Waals surface area contributed by atoms with Gasteiger partial charge < -0.3 is 15.2 Å². The first-order valence-corrected chi connectivity index (χ1v) is 11.4. The third-order valence-corrected chi connectivity index (χ3v) is 6.54. The van der Waals surface area contributed by atoms with Gasteiger partial charge in [-0.15, -0.1) is 5.10 Å². The maximum absolute atomic E-state index is 13.0. The lowest BCUT2D eigenvalue weighted by Gasteiger charge is -2.29. The Morgan fingerprint density at radius 2 is 2.00 bits per heavy atom. The zero-order chi connectivity index (χ0) is 25.6. The van der Waals surface area contributed by atoms with E-state index in [1.165, 1.54) is 15.8 Å². The van der Waals surface area contributed by atoms with Gasteiger partial charge in [-0.25, -0.2) is 4.68 Å². The molecule has 0 aliphatic carbocycles. The Morgan fingerprint density at radius 1 is 1.19 bits per heavy atom. The summed E-state index contributed by atoms with van der Waals surface area (Å²) in [5.74, 6) is -1.58. The summed E-state index contributed by atoms with van der Waals surface area (Å²) in [5.41, 5.74) is 3.44. The highest BCUT2D eigenvalue weighted by Gasteiger charge is 2.39. The Kier molecular flexibility index (Phi) is 5.71. The van der Waals surface area contributed by atoms with Crippen molar-refractivity contribution in [1.82, 2.24) is 35.5 Å². The summed E-state index contributed by atoms with van der Waals surface area (Å²) in [6.45, 7) is 3.80. The minimum atomic E-state index is -0.695. The van der Waals surface area contributed by atoms with Crippen LogP contribution in [0.15, 0.2) is 35.4 Å². The van der Waals surface area contributed by atoms with Gasteiger partial charge in [-0.2, -0.15) is 0 Å². The molecule has 184 valence electrons. The monoisotopic (exact) mass is 489 g/mol. The van der Waals surface area contributed by atoms with Crippen molar-refractivity contribution in [2.24, 2.45) is 0 Å². The molecule has 3 N–H and O–H groups in total. The number of nitrogens with zero attached hydrogens (tertiary/aromatic N) is 4. The van der Waals surface area contributed by atoms with Crippen LogP contribution in [0.3, 0.4) is 0 Å². The van der Waals surface area contributed by atoms with Gasteiger partial charge in [0, 0.05) is 41.5 Å². The van der Waals surface area contributed by atoms with Crippen molar-refractivity contribution in [2.75, 3.05) is 0 Å². The first-order valence-electron chi connectivity index (χ1n) is 11.4. The number of carbonyl (C=O) groups excluding carboxylic acids is 4. The molecule has 2 aromatic heterocycles. The SMILES string of the molecule is Cc1c[nH]c(CNC(=O)c2cn(-c3ccc4c(c3)C(=O)N(C3CCC(=O)NC3=O)C4)nn2)c(C)c1=O. The highest BCUT2D eigenvalue weighted by Crippen LogP contribution is 2.29. The number of hydrogen-bond donors (Lipinski definition) is 3. The van der Waals surface area contributed by atoms with Crippen molar-refractivity contribution in [1.29, 1.82) is 0 Å². The second-order valence-corrected chi connectivity index (χ2v) is 8.88. The smallest absolute Gasteiger partial charge is 0.273 e. The summed E-state index contributed by atoms with van der Waals surface area (Å²) >= 11 is 0. The molecule has 3 aromatic rings. The van der Waals surface area contributed by atoms with Crippen LogP contribution < -0.4 is 16.1 Å². The molecule has 0 saturated carbocycles. The van der Waals surface area contributed by atoms with Crippen LogP contribution in [-0.4, -0.2) is 54.5 Å². The summed E-state index contributed by atoms with van der Waals surface area (Å²) < 4.78 is 1.39. The van der Waals surface area contributed by atoms with Gasteiger partial charge in [0.1, 0.15) is 6.04 Å². The molecule has 1 saturated heterocycles. The number of nitrogens with one attached hydrogen (secondary N) is 3. The van der Waals surface area contributed by atoms with Gasteiger partial charge >= 0.3 is 0 Å². The molecule has 1 atom stereocenters. The van der Waals surface area contributed by atoms with Crippen molar-refractivity contribution >= 4 is 23.6 Å². The molecular weight excluding hydrogens is 466 g/mol. The number of aryl methyl sites for hydroxylation is 1. The van der Waals surface area contributed by atoms with E-state index in [2.05, 4.69) is 25.9 Å². The molecule has 4 heterocycles. The predicted octanol–water partition coefficient (Wildman–Crippen LogP) is 0.263. The molecule has 2 aliphatic rings. The lowest BCUT2D eigenvalue weighted by molar-refractivity contribution is -0.136. The summed E-state index contributed by atoms with van der Waals surface area (Å²) in [5, 5.41) is 12.9. The average Bonchev–Trinajstić information content (AvgIpc) is 3.47. The molecule has 2 aliphatic heterocycles. The number of rotatable bonds is 5. The normalized spacial score (nSPS) is 17.2. The Hall–Kier alpha value is -4.61. The average molecular weight is 489 g/mol. The van der Waals surface area contributed by atoms with E-state index in [-0.39, 0.29) is 48.9 Å². The fraction of sp³-hybridized carbons (Fsp3) is 0.292. The molecule has 36 heavy (non-hydrogen) atoms. The van der Waals surface area contributed by atoms with Crippen LogP contribution in [0.4, 0.5) is 0 Å². The van der Waals surface area contributed by atoms with Crippen LogP contribution in [0, 0.1) is 13.8 Å². The number of imide groups is 1. The largest absolute Gasteiger partial charge is 0.363 e. The van der Waals surface area contributed by atoms with E-state index in [1.807, 2.05) is 0 Å². The third-order valence-electron chi connectivity index (χ3n) is 6.54. The van der Waals surface area contributed by atoms with Crippen LogP contribution in [0.2, 0.25) is 0 Å². The molecule has 1 unspecified atom stereocenters. The second-order valence-electron chi connectivity index (χ2n) is 8.88. The van der Waals surface area contributed by atoms with Gasteiger partial charge in [0.2, 0.25) is 11.8 Å². The van der Waals surface area contributed by atoms with E-state index in [0.717, 1.165) is 5.56 Å². The number of benzene rings is 1. The molecule has 0 spiro atoms. The van der Waals surface area contributed by atoms with Gasteiger partial charge in [0.25, 0.3) is 11.8 Å². The fourth-order valence-corrected chi connectivity index (χ4v) is 4.42. The quantitative estimate of drug-likeness (QED) is 0.434. The maximum atomic E-state index is 13.0. The van der Waals surface area contributed by atoms with Crippen molar-refractivity contribution in [3.05, 3.63) is 74.5 Å². The topological polar surface area (TPSA) is 159 Å². The van der Waals surface area contributed by atoms with Crippen LogP contribution in [-0.2, 0) is 22.7 Å². The van der Waals surface area contributed by atoms with Crippen molar-refractivity contribution in [3.8, 4) is 5.69 Å². The van der Waals surface area contributed by atoms with Crippen LogP contribution in [0.1, 0.15) is 56.1 Å².